The lowest BCUT2D eigenvalue weighted by Crippen LogP contribution is -2.30. The smallest absolute Gasteiger partial charge is 0.248 e. The average molecular weight is 336 g/mol. The molecule has 2 aromatic rings. The lowest BCUT2D eigenvalue weighted by atomic mass is 10.2. The Balaban J connectivity index is 2.29. The van der Waals surface area contributed by atoms with Crippen LogP contribution in [0.25, 0.3) is 0 Å². The van der Waals surface area contributed by atoms with E-state index < -0.39 is 21.7 Å². The van der Waals surface area contributed by atoms with Crippen LogP contribution in [0, 0.1) is 5.82 Å². The van der Waals surface area contributed by atoms with Gasteiger partial charge in [0.15, 0.2) is 0 Å². The lowest BCUT2D eigenvalue weighted by Gasteiger charge is -2.20. The van der Waals surface area contributed by atoms with Gasteiger partial charge in [-0.3, -0.25) is 4.79 Å². The predicted molar refractivity (Wildman–Crippen MR) is 84.6 cm³/mol. The van der Waals surface area contributed by atoms with E-state index in [9.17, 15) is 17.6 Å². The number of primary amides is 1. The normalized spacial score (nSPS) is 11.6. The van der Waals surface area contributed by atoms with E-state index in [4.69, 9.17) is 5.73 Å². The number of hydrogen-bond donors (Lipinski definition) is 1. The molecule has 0 saturated carbocycles. The zero-order chi connectivity index (χ0) is 17.0. The first-order valence-corrected chi connectivity index (χ1v) is 8.43. The molecule has 0 bridgehead atoms. The van der Waals surface area contributed by atoms with Gasteiger partial charge >= 0.3 is 0 Å². The van der Waals surface area contributed by atoms with Gasteiger partial charge in [0.05, 0.1) is 4.90 Å². The fraction of sp³-hybridized carbons (Fsp3) is 0.188. The lowest BCUT2D eigenvalue weighted by molar-refractivity contribution is 0.1000. The van der Waals surface area contributed by atoms with E-state index in [1.165, 1.54) is 46.8 Å². The molecule has 0 saturated heterocycles. The third kappa shape index (κ3) is 3.94. The van der Waals surface area contributed by atoms with Gasteiger partial charge in [-0.1, -0.05) is 19.1 Å². The van der Waals surface area contributed by atoms with Gasteiger partial charge in [-0.15, -0.1) is 0 Å². The number of amides is 1. The number of benzene rings is 2. The highest BCUT2D eigenvalue weighted by molar-refractivity contribution is 7.89. The Morgan fingerprint density at radius 2 is 1.83 bits per heavy atom. The van der Waals surface area contributed by atoms with Gasteiger partial charge in [0.2, 0.25) is 15.9 Å². The third-order valence-electron chi connectivity index (χ3n) is 3.38. The minimum Gasteiger partial charge on any atom is -0.366 e. The Hall–Kier alpha value is -2.25. The van der Waals surface area contributed by atoms with Crippen LogP contribution < -0.4 is 5.73 Å². The first kappa shape index (κ1) is 17.1. The summed E-state index contributed by atoms with van der Waals surface area (Å²) in [7, 11) is -3.75. The molecular formula is C16H17FN2O3S. The number of halogens is 1. The van der Waals surface area contributed by atoms with Gasteiger partial charge in [0.1, 0.15) is 5.82 Å². The Bertz CT molecular complexity index is 804. The summed E-state index contributed by atoms with van der Waals surface area (Å²) in [5.74, 6) is -1.04. The number of carbonyl (C=O) groups is 1. The molecule has 5 nitrogen and oxygen atoms in total. The molecule has 0 fully saturated rings. The highest BCUT2D eigenvalue weighted by atomic mass is 32.2. The van der Waals surface area contributed by atoms with E-state index in [1.807, 2.05) is 0 Å². The minimum atomic E-state index is -3.75. The van der Waals surface area contributed by atoms with Crippen LogP contribution in [0.5, 0.6) is 0 Å². The van der Waals surface area contributed by atoms with Crippen molar-refractivity contribution in [2.24, 2.45) is 5.73 Å². The Morgan fingerprint density at radius 3 is 2.35 bits per heavy atom. The molecule has 122 valence electrons. The molecule has 2 N–H and O–H groups in total. The molecule has 0 unspecified atom stereocenters. The average Bonchev–Trinajstić information content (AvgIpc) is 2.52. The highest BCUT2D eigenvalue weighted by Crippen LogP contribution is 2.19. The van der Waals surface area contributed by atoms with Crippen LogP contribution >= 0.6 is 0 Å². The van der Waals surface area contributed by atoms with Gasteiger partial charge < -0.3 is 5.73 Å². The fourth-order valence-corrected chi connectivity index (χ4v) is 3.58. The molecule has 2 rings (SSSR count). The molecule has 1 amide bonds. The van der Waals surface area contributed by atoms with Gasteiger partial charge in [-0.2, -0.15) is 4.31 Å². The van der Waals surface area contributed by atoms with Crippen LogP contribution in [0.1, 0.15) is 22.8 Å². The minimum absolute atomic E-state index is 0.0563. The van der Waals surface area contributed by atoms with Crippen LogP contribution in [0.15, 0.2) is 53.4 Å². The van der Waals surface area contributed by atoms with Gasteiger partial charge in [0, 0.05) is 18.7 Å². The van der Waals surface area contributed by atoms with Crippen molar-refractivity contribution >= 4 is 15.9 Å². The Labute approximate surface area is 134 Å². The van der Waals surface area contributed by atoms with Crippen LogP contribution in [0.4, 0.5) is 4.39 Å². The van der Waals surface area contributed by atoms with Crippen molar-refractivity contribution in [3.63, 3.8) is 0 Å². The van der Waals surface area contributed by atoms with Gasteiger partial charge in [-0.25, -0.2) is 12.8 Å². The van der Waals surface area contributed by atoms with Gasteiger partial charge in [0.25, 0.3) is 0 Å². The summed E-state index contributed by atoms with van der Waals surface area (Å²) in [5.41, 5.74) is 5.93. The van der Waals surface area contributed by atoms with E-state index in [0.717, 1.165) is 0 Å². The highest BCUT2D eigenvalue weighted by Gasteiger charge is 2.23. The van der Waals surface area contributed by atoms with Crippen molar-refractivity contribution in [3.05, 3.63) is 65.5 Å². The summed E-state index contributed by atoms with van der Waals surface area (Å²) >= 11 is 0. The van der Waals surface area contributed by atoms with Crippen LogP contribution in [0.2, 0.25) is 0 Å². The van der Waals surface area contributed by atoms with E-state index >= 15 is 0 Å². The summed E-state index contributed by atoms with van der Waals surface area (Å²) in [6, 6.07) is 11.2. The number of nitrogens with two attached hydrogens (primary N) is 1. The standard InChI is InChI=1S/C16H17FN2O3S/c1-2-19(11-12-4-3-5-14(17)10-12)23(21,22)15-8-6-13(7-9-15)16(18)20/h3-10H,2,11H2,1H3,(H2,18,20). The van der Waals surface area contributed by atoms with Crippen molar-refractivity contribution in [2.75, 3.05) is 6.54 Å². The van der Waals surface area contributed by atoms with Gasteiger partial charge in [-0.05, 0) is 42.0 Å². The molecule has 0 radical (unpaired) electrons. The summed E-state index contributed by atoms with van der Waals surface area (Å²) in [4.78, 5) is 11.1. The van der Waals surface area contributed by atoms with Crippen LogP contribution in [-0.2, 0) is 16.6 Å². The molecule has 23 heavy (non-hydrogen) atoms. The molecule has 0 spiro atoms. The molecule has 0 aromatic heterocycles. The van der Waals surface area contributed by atoms with Crippen molar-refractivity contribution in [1.82, 2.24) is 4.31 Å². The predicted octanol–water partition coefficient (Wildman–Crippen LogP) is 2.14. The van der Waals surface area contributed by atoms with E-state index in [0.29, 0.717) is 5.56 Å². The Kier molecular flexibility index (Phi) is 5.12. The molecule has 0 aliphatic heterocycles. The fourth-order valence-electron chi connectivity index (χ4n) is 2.15. The molecule has 0 aliphatic rings. The van der Waals surface area contributed by atoms with E-state index in [1.54, 1.807) is 13.0 Å². The molecule has 0 atom stereocenters. The molecule has 0 heterocycles. The van der Waals surface area contributed by atoms with Crippen molar-refractivity contribution in [3.8, 4) is 0 Å². The van der Waals surface area contributed by atoms with E-state index in [-0.39, 0.29) is 23.5 Å². The second-order valence-corrected chi connectivity index (χ2v) is 6.89. The SMILES string of the molecule is CCN(Cc1cccc(F)c1)S(=O)(=O)c1ccc(C(N)=O)cc1. The number of carbonyl (C=O) groups excluding carboxylic acids is 1. The second-order valence-electron chi connectivity index (χ2n) is 4.95. The molecular weight excluding hydrogens is 319 g/mol. The zero-order valence-electron chi connectivity index (χ0n) is 12.6. The monoisotopic (exact) mass is 336 g/mol. The maximum absolute atomic E-state index is 13.2. The molecule has 2 aromatic carbocycles. The third-order valence-corrected chi connectivity index (χ3v) is 5.31. The number of sulfonamides is 1. The summed E-state index contributed by atoms with van der Waals surface area (Å²) in [6.07, 6.45) is 0. The maximum atomic E-state index is 13.2. The zero-order valence-corrected chi connectivity index (χ0v) is 13.4. The quantitative estimate of drug-likeness (QED) is 0.877. The molecule has 0 aliphatic carbocycles. The molecule has 7 heteroatoms. The first-order valence-electron chi connectivity index (χ1n) is 6.99. The number of nitrogens with zero attached hydrogens (tertiary/aromatic N) is 1. The van der Waals surface area contributed by atoms with Crippen molar-refractivity contribution in [2.45, 2.75) is 18.4 Å². The largest absolute Gasteiger partial charge is 0.366 e. The topological polar surface area (TPSA) is 80.5 Å². The van der Waals surface area contributed by atoms with E-state index in [2.05, 4.69) is 0 Å². The van der Waals surface area contributed by atoms with Crippen molar-refractivity contribution in [1.29, 1.82) is 0 Å². The summed E-state index contributed by atoms with van der Waals surface area (Å²) < 4.78 is 39.8. The maximum Gasteiger partial charge on any atom is 0.248 e. The second kappa shape index (κ2) is 6.89. The first-order chi connectivity index (χ1) is 10.8. The van der Waals surface area contributed by atoms with Crippen LogP contribution in [0.3, 0.4) is 0 Å². The summed E-state index contributed by atoms with van der Waals surface area (Å²) in [5, 5.41) is 0. The van der Waals surface area contributed by atoms with Crippen LogP contribution in [-0.4, -0.2) is 25.2 Å². The number of rotatable bonds is 6. The number of hydrogen-bond acceptors (Lipinski definition) is 3. The van der Waals surface area contributed by atoms with Crippen molar-refractivity contribution < 1.29 is 17.6 Å². The summed E-state index contributed by atoms with van der Waals surface area (Å²) in [6.45, 7) is 2.00. The Morgan fingerprint density at radius 1 is 1.17 bits per heavy atom.